The largest absolute Gasteiger partial charge is 0.371 e. The molecule has 2 amide bonds. The number of amides is 2. The number of nitrogens with zero attached hydrogens (tertiary/aromatic N) is 1. The summed E-state index contributed by atoms with van der Waals surface area (Å²) in [7, 11) is 0. The summed E-state index contributed by atoms with van der Waals surface area (Å²) in [5.41, 5.74) is 2.51. The maximum atomic E-state index is 12.5. The number of benzene rings is 1. The Balaban J connectivity index is 1.85. The fourth-order valence-electron chi connectivity index (χ4n) is 3.16. The second kappa shape index (κ2) is 9.70. The van der Waals surface area contributed by atoms with E-state index >= 15 is 0 Å². The van der Waals surface area contributed by atoms with Crippen LogP contribution in [-0.4, -0.2) is 49.0 Å². The van der Waals surface area contributed by atoms with Crippen molar-refractivity contribution in [2.45, 2.75) is 45.2 Å². The summed E-state index contributed by atoms with van der Waals surface area (Å²) < 4.78 is 0. The molecule has 1 fully saturated rings. The number of aryl methyl sites for hydroxylation is 1. The molecule has 1 aliphatic heterocycles. The van der Waals surface area contributed by atoms with Crippen LogP contribution in [0.15, 0.2) is 24.3 Å². The van der Waals surface area contributed by atoms with Crippen molar-refractivity contribution in [1.29, 1.82) is 0 Å². The molecule has 0 spiro atoms. The molecule has 5 nitrogen and oxygen atoms in total. The number of piperidine rings is 1. The maximum absolute atomic E-state index is 12.5. The number of hydrogen-bond acceptors (Lipinski definition) is 4. The van der Waals surface area contributed by atoms with Gasteiger partial charge in [-0.1, -0.05) is 12.1 Å². The molecule has 6 heteroatoms. The Morgan fingerprint density at radius 3 is 2.64 bits per heavy atom. The van der Waals surface area contributed by atoms with Crippen molar-refractivity contribution in [2.75, 3.05) is 30.0 Å². The molecule has 1 aliphatic rings. The van der Waals surface area contributed by atoms with E-state index in [4.69, 9.17) is 0 Å². The Morgan fingerprint density at radius 2 is 2.04 bits per heavy atom. The maximum Gasteiger partial charge on any atom is 0.242 e. The predicted octanol–water partition coefficient (Wildman–Crippen LogP) is 2.34. The lowest BCUT2D eigenvalue weighted by Crippen LogP contribution is -2.52. The summed E-state index contributed by atoms with van der Waals surface area (Å²) in [6, 6.07) is 8.28. The van der Waals surface area contributed by atoms with Crippen LogP contribution in [0.3, 0.4) is 0 Å². The molecular formula is C19H29N3O2S. The van der Waals surface area contributed by atoms with Gasteiger partial charge >= 0.3 is 0 Å². The number of carbonyl (C=O) groups is 2. The van der Waals surface area contributed by atoms with Crippen molar-refractivity contribution < 1.29 is 9.59 Å². The minimum atomic E-state index is -0.431. The van der Waals surface area contributed by atoms with Gasteiger partial charge in [-0.05, 0) is 55.9 Å². The van der Waals surface area contributed by atoms with Crippen molar-refractivity contribution in [2.24, 2.45) is 0 Å². The number of carbonyl (C=O) groups excluding carboxylic acids is 2. The van der Waals surface area contributed by atoms with E-state index in [9.17, 15) is 9.59 Å². The van der Waals surface area contributed by atoms with Gasteiger partial charge in [-0.25, -0.2) is 0 Å². The van der Waals surface area contributed by atoms with Gasteiger partial charge in [0, 0.05) is 31.7 Å². The third-order valence-electron chi connectivity index (χ3n) is 4.51. The molecule has 1 saturated heterocycles. The predicted molar refractivity (Wildman–Crippen MR) is 105 cm³/mol. The Hall–Kier alpha value is -1.69. The summed E-state index contributed by atoms with van der Waals surface area (Å²) in [5, 5.41) is 5.90. The Labute approximate surface area is 154 Å². The summed E-state index contributed by atoms with van der Waals surface area (Å²) in [5.74, 6) is 0.637. The van der Waals surface area contributed by atoms with Crippen LogP contribution in [0.2, 0.25) is 0 Å². The van der Waals surface area contributed by atoms with E-state index in [0.717, 1.165) is 31.7 Å². The highest BCUT2D eigenvalue weighted by atomic mass is 32.2. The number of rotatable bonds is 7. The van der Waals surface area contributed by atoms with E-state index in [1.165, 1.54) is 18.2 Å². The van der Waals surface area contributed by atoms with Gasteiger partial charge in [0.1, 0.15) is 6.04 Å². The Kier molecular flexibility index (Phi) is 7.62. The smallest absolute Gasteiger partial charge is 0.242 e. The molecule has 1 aromatic rings. The van der Waals surface area contributed by atoms with Crippen molar-refractivity contribution in [3.05, 3.63) is 29.8 Å². The van der Waals surface area contributed by atoms with Gasteiger partial charge in [0.2, 0.25) is 11.8 Å². The molecule has 0 saturated carbocycles. The fourth-order valence-corrected chi connectivity index (χ4v) is 3.63. The van der Waals surface area contributed by atoms with Crippen molar-refractivity contribution in [3.8, 4) is 0 Å². The van der Waals surface area contributed by atoms with E-state index < -0.39 is 6.04 Å². The van der Waals surface area contributed by atoms with Gasteiger partial charge < -0.3 is 15.5 Å². The van der Waals surface area contributed by atoms with Gasteiger partial charge in [-0.2, -0.15) is 11.8 Å². The second-order valence-electron chi connectivity index (χ2n) is 6.64. The third-order valence-corrected chi connectivity index (χ3v) is 5.16. The lowest BCUT2D eigenvalue weighted by molar-refractivity contribution is -0.128. The quantitative estimate of drug-likeness (QED) is 0.781. The minimum absolute atomic E-state index is 0.0572. The highest BCUT2D eigenvalue weighted by Crippen LogP contribution is 2.21. The number of thioether (sulfide) groups is 1. The van der Waals surface area contributed by atoms with Crippen molar-refractivity contribution in [3.63, 3.8) is 0 Å². The highest BCUT2D eigenvalue weighted by molar-refractivity contribution is 7.98. The average molecular weight is 364 g/mol. The molecule has 0 unspecified atom stereocenters. The van der Waals surface area contributed by atoms with Crippen molar-refractivity contribution >= 4 is 29.3 Å². The van der Waals surface area contributed by atoms with Crippen LogP contribution in [0.4, 0.5) is 5.69 Å². The van der Waals surface area contributed by atoms with Crippen LogP contribution in [0.5, 0.6) is 0 Å². The molecule has 1 atom stereocenters. The SMILES string of the molecule is CSCC[C@H](NC(C)=O)C(=O)NC1CCN(c2cccc(C)c2)CC1. The van der Waals surface area contributed by atoms with Crippen molar-refractivity contribution in [1.82, 2.24) is 10.6 Å². The molecular weight excluding hydrogens is 334 g/mol. The number of hydrogen-bond donors (Lipinski definition) is 2. The number of nitrogens with one attached hydrogen (secondary N) is 2. The molecule has 2 rings (SSSR count). The van der Waals surface area contributed by atoms with Crippen LogP contribution in [0.1, 0.15) is 31.7 Å². The molecule has 0 radical (unpaired) electrons. The zero-order chi connectivity index (χ0) is 18.2. The lowest BCUT2D eigenvalue weighted by Gasteiger charge is -2.34. The zero-order valence-corrected chi connectivity index (χ0v) is 16.2. The summed E-state index contributed by atoms with van der Waals surface area (Å²) >= 11 is 1.68. The minimum Gasteiger partial charge on any atom is -0.371 e. The van der Waals surface area contributed by atoms with Crippen LogP contribution >= 0.6 is 11.8 Å². The third kappa shape index (κ3) is 6.27. The topological polar surface area (TPSA) is 61.4 Å². The fraction of sp³-hybridized carbons (Fsp3) is 0.579. The molecule has 0 bridgehead atoms. The summed E-state index contributed by atoms with van der Waals surface area (Å²) in [4.78, 5) is 26.2. The van der Waals surface area contributed by atoms with E-state index in [1.807, 2.05) is 6.26 Å². The zero-order valence-electron chi connectivity index (χ0n) is 15.4. The first-order valence-corrected chi connectivity index (χ1v) is 10.3. The van der Waals surface area contributed by atoms with Gasteiger partial charge in [0.25, 0.3) is 0 Å². The first-order chi connectivity index (χ1) is 12.0. The average Bonchev–Trinajstić information content (AvgIpc) is 2.59. The Bertz CT molecular complexity index is 586. The molecule has 25 heavy (non-hydrogen) atoms. The standard InChI is InChI=1S/C19H29N3O2S/c1-14-5-4-6-17(13-14)22-10-7-16(8-11-22)21-19(24)18(9-12-25-3)20-15(2)23/h4-6,13,16,18H,7-12H2,1-3H3,(H,20,23)(H,21,24)/t18-/m0/s1. The van der Waals surface area contributed by atoms with Crippen LogP contribution in [-0.2, 0) is 9.59 Å². The van der Waals surface area contributed by atoms with Crippen LogP contribution in [0, 0.1) is 6.92 Å². The molecule has 1 heterocycles. The molecule has 1 aromatic carbocycles. The summed E-state index contributed by atoms with van der Waals surface area (Å²) in [6.45, 7) is 5.43. The molecule has 0 aromatic heterocycles. The second-order valence-corrected chi connectivity index (χ2v) is 7.63. The lowest BCUT2D eigenvalue weighted by atomic mass is 10.0. The van der Waals surface area contributed by atoms with E-state index in [2.05, 4.69) is 46.7 Å². The van der Waals surface area contributed by atoms with Gasteiger partial charge in [0.05, 0.1) is 0 Å². The van der Waals surface area contributed by atoms with Crippen LogP contribution < -0.4 is 15.5 Å². The summed E-state index contributed by atoms with van der Waals surface area (Å²) in [6.07, 6.45) is 4.52. The monoisotopic (exact) mass is 363 g/mol. The first-order valence-electron chi connectivity index (χ1n) is 8.87. The first kappa shape index (κ1) is 19.6. The molecule has 138 valence electrons. The van der Waals surface area contributed by atoms with Gasteiger partial charge in [-0.3, -0.25) is 9.59 Å². The van der Waals surface area contributed by atoms with Gasteiger partial charge in [-0.15, -0.1) is 0 Å². The normalized spacial score (nSPS) is 16.4. The number of anilines is 1. The molecule has 0 aliphatic carbocycles. The molecule has 2 N–H and O–H groups in total. The van der Waals surface area contributed by atoms with E-state index in [0.29, 0.717) is 6.42 Å². The Morgan fingerprint density at radius 1 is 1.32 bits per heavy atom. The van der Waals surface area contributed by atoms with E-state index in [-0.39, 0.29) is 17.9 Å². The van der Waals surface area contributed by atoms with Crippen LogP contribution in [0.25, 0.3) is 0 Å². The van der Waals surface area contributed by atoms with Gasteiger partial charge in [0.15, 0.2) is 0 Å². The van der Waals surface area contributed by atoms with E-state index in [1.54, 1.807) is 11.8 Å². The highest BCUT2D eigenvalue weighted by Gasteiger charge is 2.25.